The van der Waals surface area contributed by atoms with Crippen molar-refractivity contribution >= 4 is 23.0 Å². The van der Waals surface area contributed by atoms with E-state index in [0.717, 1.165) is 29.9 Å². The first-order chi connectivity index (χ1) is 12.8. The van der Waals surface area contributed by atoms with Crippen molar-refractivity contribution in [3.8, 4) is 0 Å². The van der Waals surface area contributed by atoms with Gasteiger partial charge in [0, 0.05) is 12.5 Å². The molecule has 1 atom stereocenters. The van der Waals surface area contributed by atoms with Crippen LogP contribution in [0.1, 0.15) is 18.2 Å². The van der Waals surface area contributed by atoms with Crippen molar-refractivity contribution in [1.29, 1.82) is 0 Å². The number of benzene rings is 1. The number of fused-ring (bicyclic) bond motifs is 1. The molecular weight excluding hydrogens is 400 g/mol. The van der Waals surface area contributed by atoms with Gasteiger partial charge in [-0.05, 0) is 25.1 Å². The van der Waals surface area contributed by atoms with Crippen LogP contribution >= 0.6 is 0 Å². The fourth-order valence-corrected chi connectivity index (χ4v) is 2.05. The Morgan fingerprint density at radius 3 is 1.89 bits per heavy atom. The minimum Gasteiger partial charge on any atom is -0.475 e. The molecule has 1 aliphatic rings. The van der Waals surface area contributed by atoms with Crippen molar-refractivity contribution in [3.05, 3.63) is 30.1 Å². The number of carbonyl (C=O) groups is 2. The quantitative estimate of drug-likeness (QED) is 0.533. The van der Waals surface area contributed by atoms with Crippen molar-refractivity contribution in [2.75, 3.05) is 13.1 Å². The number of imidazole rings is 1. The van der Waals surface area contributed by atoms with Gasteiger partial charge >= 0.3 is 24.3 Å². The molecule has 13 heteroatoms. The summed E-state index contributed by atoms with van der Waals surface area (Å²) in [7, 11) is 0. The van der Waals surface area contributed by atoms with Crippen LogP contribution in [0.4, 0.5) is 26.3 Å². The van der Waals surface area contributed by atoms with Gasteiger partial charge in [-0.3, -0.25) is 0 Å². The third-order valence-electron chi connectivity index (χ3n) is 3.34. The molecule has 0 radical (unpaired) electrons. The summed E-state index contributed by atoms with van der Waals surface area (Å²) < 4.78 is 63.5. The van der Waals surface area contributed by atoms with Gasteiger partial charge in [-0.1, -0.05) is 12.1 Å². The van der Waals surface area contributed by atoms with Crippen molar-refractivity contribution in [3.63, 3.8) is 0 Å². The summed E-state index contributed by atoms with van der Waals surface area (Å²) in [5, 5.41) is 17.6. The molecule has 1 aromatic carbocycles. The predicted molar refractivity (Wildman–Crippen MR) is 83.7 cm³/mol. The second-order valence-electron chi connectivity index (χ2n) is 5.43. The summed E-state index contributed by atoms with van der Waals surface area (Å²) in [6, 6.07) is 8.20. The molecule has 1 aliphatic heterocycles. The molecule has 1 unspecified atom stereocenters. The highest BCUT2D eigenvalue weighted by molar-refractivity contribution is 5.75. The number of alkyl halides is 6. The molecule has 156 valence electrons. The van der Waals surface area contributed by atoms with E-state index in [1.807, 2.05) is 12.1 Å². The highest BCUT2D eigenvalue weighted by Crippen LogP contribution is 2.22. The van der Waals surface area contributed by atoms with E-state index >= 15 is 0 Å². The van der Waals surface area contributed by atoms with Gasteiger partial charge in [-0.25, -0.2) is 14.6 Å². The van der Waals surface area contributed by atoms with Gasteiger partial charge in [0.1, 0.15) is 5.82 Å². The molecule has 0 aliphatic carbocycles. The Hall–Kier alpha value is -2.83. The Kier molecular flexibility index (Phi) is 7.78. The lowest BCUT2D eigenvalue weighted by Crippen LogP contribution is -2.21. The lowest BCUT2D eigenvalue weighted by atomic mass is 10.1. The van der Waals surface area contributed by atoms with Gasteiger partial charge in [0.25, 0.3) is 0 Å². The number of aromatic nitrogens is 2. The standard InChI is InChI=1S/C11H13N3.2C2HF3O2/c1-2-4-10-9(3-1)13-11(14-10)8-5-6-12-7-8;2*3-2(4,5)1(6)7/h1-4,8,12H,5-7H2,(H,13,14);2*(H,6,7). The first-order valence-electron chi connectivity index (χ1n) is 7.58. The molecule has 4 N–H and O–H groups in total. The van der Waals surface area contributed by atoms with Gasteiger partial charge in [-0.15, -0.1) is 0 Å². The first-order valence-corrected chi connectivity index (χ1v) is 7.58. The fraction of sp³-hybridized carbons (Fsp3) is 0.400. The second-order valence-corrected chi connectivity index (χ2v) is 5.43. The smallest absolute Gasteiger partial charge is 0.475 e. The zero-order valence-electron chi connectivity index (χ0n) is 13.9. The number of hydrogen-bond donors (Lipinski definition) is 4. The highest BCUT2D eigenvalue weighted by atomic mass is 19.4. The zero-order chi connectivity index (χ0) is 21.5. The molecule has 1 saturated heterocycles. The maximum Gasteiger partial charge on any atom is 0.490 e. The van der Waals surface area contributed by atoms with Crippen LogP contribution in [0.5, 0.6) is 0 Å². The first kappa shape index (κ1) is 23.2. The second kappa shape index (κ2) is 9.39. The molecule has 1 aromatic heterocycles. The van der Waals surface area contributed by atoms with Gasteiger partial charge in [0.05, 0.1) is 11.0 Å². The molecule has 28 heavy (non-hydrogen) atoms. The van der Waals surface area contributed by atoms with Crippen molar-refractivity contribution in [1.82, 2.24) is 15.3 Å². The van der Waals surface area contributed by atoms with E-state index in [1.165, 1.54) is 6.42 Å². The Balaban J connectivity index is 0.000000240. The Morgan fingerprint density at radius 2 is 1.50 bits per heavy atom. The maximum atomic E-state index is 10.6. The monoisotopic (exact) mass is 415 g/mol. The lowest BCUT2D eigenvalue weighted by molar-refractivity contribution is -0.193. The highest BCUT2D eigenvalue weighted by Gasteiger charge is 2.38. The molecule has 2 heterocycles. The van der Waals surface area contributed by atoms with E-state index in [-0.39, 0.29) is 0 Å². The summed E-state index contributed by atoms with van der Waals surface area (Å²) in [5.41, 5.74) is 2.23. The van der Waals surface area contributed by atoms with Crippen LogP contribution in [0.2, 0.25) is 0 Å². The van der Waals surface area contributed by atoms with Crippen molar-refractivity contribution in [2.45, 2.75) is 24.7 Å². The summed E-state index contributed by atoms with van der Waals surface area (Å²) >= 11 is 0. The minimum absolute atomic E-state index is 0.572. The summed E-state index contributed by atoms with van der Waals surface area (Å²) in [6.07, 6.45) is -8.97. The van der Waals surface area contributed by atoms with Crippen LogP contribution in [0.15, 0.2) is 24.3 Å². The number of aliphatic carboxylic acids is 2. The topological polar surface area (TPSA) is 115 Å². The SMILES string of the molecule is O=C(O)C(F)(F)F.O=C(O)C(F)(F)F.c1ccc2[nH]c(C3CCNC3)nc2c1. The Morgan fingerprint density at radius 1 is 1.00 bits per heavy atom. The molecule has 0 saturated carbocycles. The number of para-hydroxylation sites is 2. The van der Waals surface area contributed by atoms with Crippen LogP contribution in [0.3, 0.4) is 0 Å². The van der Waals surface area contributed by atoms with Crippen LogP contribution in [-0.2, 0) is 9.59 Å². The van der Waals surface area contributed by atoms with E-state index in [4.69, 9.17) is 19.8 Å². The van der Waals surface area contributed by atoms with E-state index < -0.39 is 24.3 Å². The largest absolute Gasteiger partial charge is 0.490 e. The number of H-pyrrole nitrogens is 1. The number of aromatic amines is 1. The fourth-order valence-electron chi connectivity index (χ4n) is 2.05. The van der Waals surface area contributed by atoms with E-state index in [1.54, 1.807) is 0 Å². The van der Waals surface area contributed by atoms with Crippen LogP contribution in [0.25, 0.3) is 11.0 Å². The molecular formula is C15H15F6N3O4. The van der Waals surface area contributed by atoms with Gasteiger partial charge < -0.3 is 20.5 Å². The average molecular weight is 415 g/mol. The molecule has 0 spiro atoms. The normalized spacial score (nSPS) is 16.6. The molecule has 1 fully saturated rings. The van der Waals surface area contributed by atoms with Gasteiger partial charge in [0.2, 0.25) is 0 Å². The van der Waals surface area contributed by atoms with Crippen molar-refractivity contribution in [2.24, 2.45) is 0 Å². The third kappa shape index (κ3) is 7.42. The average Bonchev–Trinajstić information content (AvgIpc) is 3.23. The number of nitrogens with one attached hydrogen (secondary N) is 2. The Labute approximate surface area is 153 Å². The number of nitrogens with zero attached hydrogens (tertiary/aromatic N) is 1. The van der Waals surface area contributed by atoms with E-state index in [0.29, 0.717) is 5.92 Å². The maximum absolute atomic E-state index is 10.6. The zero-order valence-corrected chi connectivity index (χ0v) is 13.9. The van der Waals surface area contributed by atoms with Gasteiger partial charge in [0.15, 0.2) is 0 Å². The van der Waals surface area contributed by atoms with Crippen LogP contribution < -0.4 is 5.32 Å². The number of carboxylic acid groups (broad SMARTS) is 2. The molecule has 3 rings (SSSR count). The number of rotatable bonds is 1. The number of halogens is 6. The van der Waals surface area contributed by atoms with Gasteiger partial charge in [-0.2, -0.15) is 26.3 Å². The van der Waals surface area contributed by atoms with Crippen LogP contribution in [0, 0.1) is 0 Å². The summed E-state index contributed by atoms with van der Waals surface area (Å²) in [4.78, 5) is 25.8. The third-order valence-corrected chi connectivity index (χ3v) is 3.34. The van der Waals surface area contributed by atoms with Crippen LogP contribution in [-0.4, -0.2) is 57.6 Å². The van der Waals surface area contributed by atoms with E-state index in [9.17, 15) is 26.3 Å². The molecule has 0 bridgehead atoms. The minimum atomic E-state index is -5.08. The summed E-state index contributed by atoms with van der Waals surface area (Å²) in [6.45, 7) is 2.17. The number of hydrogen-bond acceptors (Lipinski definition) is 4. The molecule has 7 nitrogen and oxygen atoms in total. The lowest BCUT2D eigenvalue weighted by Gasteiger charge is -2.01. The van der Waals surface area contributed by atoms with Crippen molar-refractivity contribution < 1.29 is 46.1 Å². The Bertz CT molecular complexity index is 740. The molecule has 0 amide bonds. The predicted octanol–water partition coefficient (Wildman–Crippen LogP) is 2.91. The number of carboxylic acids is 2. The van der Waals surface area contributed by atoms with E-state index in [2.05, 4.69) is 27.4 Å². The summed E-state index contributed by atoms with van der Waals surface area (Å²) in [5.74, 6) is -3.81. The molecule has 2 aromatic rings.